The average Bonchev–Trinajstić information content (AvgIpc) is 3.33. The minimum atomic E-state index is -1.50. The van der Waals surface area contributed by atoms with Crippen molar-refractivity contribution in [3.05, 3.63) is 75.6 Å². The van der Waals surface area contributed by atoms with Crippen LogP contribution in [0, 0.1) is 0 Å². The molecule has 4 atom stereocenters. The van der Waals surface area contributed by atoms with Crippen LogP contribution in [0.25, 0.3) is 11.3 Å². The van der Waals surface area contributed by atoms with Gasteiger partial charge in [-0.05, 0) is 38.8 Å². The molecule has 4 rings (SSSR count). The molecule has 1 aliphatic heterocycles. The van der Waals surface area contributed by atoms with Crippen LogP contribution in [-0.4, -0.2) is 51.4 Å². The number of amides is 1. The van der Waals surface area contributed by atoms with Crippen molar-refractivity contribution in [1.29, 1.82) is 0 Å². The van der Waals surface area contributed by atoms with Gasteiger partial charge in [0, 0.05) is 28.4 Å². The van der Waals surface area contributed by atoms with Gasteiger partial charge in [0.1, 0.15) is 16.0 Å². The van der Waals surface area contributed by atoms with Crippen molar-refractivity contribution in [3.63, 3.8) is 0 Å². The molecule has 0 bridgehead atoms. The second kappa shape index (κ2) is 10.9. The van der Waals surface area contributed by atoms with E-state index in [2.05, 4.69) is 5.32 Å². The van der Waals surface area contributed by atoms with E-state index < -0.39 is 41.0 Å². The number of aliphatic hydroxyl groups is 2. The Balaban J connectivity index is 1.93. The summed E-state index contributed by atoms with van der Waals surface area (Å²) in [5.74, 6) is -1.71. The lowest BCUT2D eigenvalue weighted by Gasteiger charge is -2.41. The number of thiazole rings is 1. The minimum Gasteiger partial charge on any atom is -0.460 e. The molecule has 0 aliphatic carbocycles. The van der Waals surface area contributed by atoms with Gasteiger partial charge < -0.3 is 20.3 Å². The van der Waals surface area contributed by atoms with Crippen LogP contribution < -0.4 is 5.32 Å². The first-order valence-corrected chi connectivity index (χ1v) is 13.4. The Morgan fingerprint density at radius 2 is 1.81 bits per heavy atom. The summed E-state index contributed by atoms with van der Waals surface area (Å²) in [5, 5.41) is 26.8. The fourth-order valence-corrected chi connectivity index (χ4v) is 6.06. The number of hydrogen-bond acceptors (Lipinski definition) is 7. The second-order valence-electron chi connectivity index (χ2n) is 10.3. The zero-order chi connectivity index (χ0) is 26.8. The molecule has 7 nitrogen and oxygen atoms in total. The summed E-state index contributed by atoms with van der Waals surface area (Å²) < 4.78 is 5.68. The minimum absolute atomic E-state index is 0.0441. The molecule has 37 heavy (non-hydrogen) atoms. The van der Waals surface area contributed by atoms with E-state index >= 15 is 0 Å². The van der Waals surface area contributed by atoms with E-state index in [1.54, 1.807) is 26.8 Å². The lowest BCUT2D eigenvalue weighted by atomic mass is 9.66. The van der Waals surface area contributed by atoms with Crippen LogP contribution in [0.2, 0.25) is 5.02 Å². The summed E-state index contributed by atoms with van der Waals surface area (Å²) in [5.41, 5.74) is -0.244. The summed E-state index contributed by atoms with van der Waals surface area (Å²) in [7, 11) is 0. The van der Waals surface area contributed by atoms with Gasteiger partial charge in [0.15, 0.2) is 0 Å². The van der Waals surface area contributed by atoms with E-state index in [0.717, 1.165) is 5.56 Å². The van der Waals surface area contributed by atoms with Crippen molar-refractivity contribution in [2.24, 2.45) is 0 Å². The number of esters is 1. The van der Waals surface area contributed by atoms with Crippen LogP contribution >= 0.6 is 22.9 Å². The third-order valence-electron chi connectivity index (χ3n) is 6.47. The normalized spacial score (nSPS) is 24.6. The molecular formula is C28H31ClN2O5S. The Morgan fingerprint density at radius 1 is 1.14 bits per heavy atom. The van der Waals surface area contributed by atoms with E-state index in [4.69, 9.17) is 21.3 Å². The van der Waals surface area contributed by atoms with E-state index in [9.17, 15) is 19.8 Å². The molecule has 196 valence electrons. The van der Waals surface area contributed by atoms with Gasteiger partial charge >= 0.3 is 5.97 Å². The topological polar surface area (TPSA) is 109 Å². The number of aliphatic hydroxyl groups excluding tert-OH is 2. The number of aromatic nitrogens is 1. The smallest absolute Gasteiger partial charge is 0.307 e. The van der Waals surface area contributed by atoms with Crippen molar-refractivity contribution < 1.29 is 24.5 Å². The van der Waals surface area contributed by atoms with Crippen LogP contribution in [0.5, 0.6) is 0 Å². The third kappa shape index (κ3) is 5.88. The number of β-amino-alcohol motifs (C(OH)–C–C–N with tert-alkyl or cyclic N) is 1. The van der Waals surface area contributed by atoms with Crippen molar-refractivity contribution in [1.82, 2.24) is 10.3 Å². The molecule has 0 unspecified atom stereocenters. The lowest BCUT2D eigenvalue weighted by Crippen LogP contribution is -2.56. The largest absolute Gasteiger partial charge is 0.460 e. The van der Waals surface area contributed by atoms with Gasteiger partial charge in [0.05, 0.1) is 24.3 Å². The maximum absolute atomic E-state index is 14.1. The Kier molecular flexibility index (Phi) is 8.04. The fourth-order valence-electron chi connectivity index (χ4n) is 4.76. The van der Waals surface area contributed by atoms with Crippen molar-refractivity contribution in [2.75, 3.05) is 6.54 Å². The molecule has 1 fully saturated rings. The quantitative estimate of drug-likeness (QED) is 0.411. The number of ether oxygens (including phenoxy) is 1. The molecule has 1 aliphatic rings. The summed E-state index contributed by atoms with van der Waals surface area (Å²) >= 11 is 7.69. The number of carbonyl (C=O) groups is 2. The highest BCUT2D eigenvalue weighted by molar-refractivity contribution is 7.10. The molecule has 1 saturated heterocycles. The molecule has 2 aromatic carbocycles. The lowest BCUT2D eigenvalue weighted by molar-refractivity contribution is -0.159. The first kappa shape index (κ1) is 27.3. The summed E-state index contributed by atoms with van der Waals surface area (Å²) in [6.07, 6.45) is -2.53. The fraction of sp³-hybridized carbons (Fsp3) is 0.393. The van der Waals surface area contributed by atoms with E-state index in [0.29, 0.717) is 21.3 Å². The standard InChI is InChI=1S/C28H31ClN2O5S/c1-27(2,3)36-24(34)14-28(26-31-21(16-37-26)18-11-7-8-12-20(18)29)19(17-9-5-4-6-10-17)13-22(32)23(33)15-30-25(28)35/h4-12,16,19,22-23,32-33H,13-15H2,1-3H3,(H,30,35)/t19-,22+,23-,28-/m0/s1. The van der Waals surface area contributed by atoms with Crippen LogP contribution in [0.15, 0.2) is 60.0 Å². The average molecular weight is 543 g/mol. The van der Waals surface area contributed by atoms with Crippen LogP contribution in [0.3, 0.4) is 0 Å². The molecule has 2 heterocycles. The first-order valence-electron chi connectivity index (χ1n) is 12.1. The molecule has 3 N–H and O–H groups in total. The maximum atomic E-state index is 14.1. The Hall–Kier alpha value is -2.78. The first-order chi connectivity index (χ1) is 17.5. The van der Waals surface area contributed by atoms with E-state index in [-0.39, 0.29) is 19.4 Å². The molecule has 1 aromatic heterocycles. The number of halogens is 1. The van der Waals surface area contributed by atoms with E-state index in [1.807, 2.05) is 53.9 Å². The predicted molar refractivity (Wildman–Crippen MR) is 144 cm³/mol. The van der Waals surface area contributed by atoms with Crippen molar-refractivity contribution in [3.8, 4) is 11.3 Å². The van der Waals surface area contributed by atoms with Gasteiger partial charge in [0.2, 0.25) is 5.91 Å². The second-order valence-corrected chi connectivity index (χ2v) is 11.6. The monoisotopic (exact) mass is 542 g/mol. The van der Waals surface area contributed by atoms with Gasteiger partial charge in [-0.15, -0.1) is 11.3 Å². The summed E-state index contributed by atoms with van der Waals surface area (Å²) in [6.45, 7) is 5.15. The highest BCUT2D eigenvalue weighted by atomic mass is 35.5. The van der Waals surface area contributed by atoms with Crippen LogP contribution in [-0.2, 0) is 19.7 Å². The number of rotatable bonds is 5. The molecule has 0 spiro atoms. The van der Waals surface area contributed by atoms with Gasteiger partial charge in [0.25, 0.3) is 0 Å². The molecule has 9 heteroatoms. The van der Waals surface area contributed by atoms with Gasteiger partial charge in [-0.2, -0.15) is 0 Å². The van der Waals surface area contributed by atoms with Gasteiger partial charge in [-0.3, -0.25) is 9.59 Å². The summed E-state index contributed by atoms with van der Waals surface area (Å²) in [6, 6.07) is 16.5. The zero-order valence-corrected chi connectivity index (χ0v) is 22.6. The third-order valence-corrected chi connectivity index (χ3v) is 7.82. The number of nitrogens with zero attached hydrogens (tertiary/aromatic N) is 1. The molecule has 3 aromatic rings. The van der Waals surface area contributed by atoms with Crippen molar-refractivity contribution in [2.45, 2.75) is 62.8 Å². The highest BCUT2D eigenvalue weighted by Crippen LogP contribution is 2.48. The van der Waals surface area contributed by atoms with Gasteiger partial charge in [-0.1, -0.05) is 60.1 Å². The Bertz CT molecular complexity index is 1260. The Morgan fingerprint density at radius 3 is 2.49 bits per heavy atom. The maximum Gasteiger partial charge on any atom is 0.307 e. The Labute approximate surface area is 225 Å². The number of hydrogen-bond donors (Lipinski definition) is 3. The number of carbonyl (C=O) groups excluding carboxylic acids is 2. The molecule has 0 radical (unpaired) electrons. The van der Waals surface area contributed by atoms with Gasteiger partial charge in [-0.25, -0.2) is 4.98 Å². The summed E-state index contributed by atoms with van der Waals surface area (Å²) in [4.78, 5) is 32.3. The SMILES string of the molecule is CC(C)(C)OC(=O)C[C@@]1(c2nc(-c3ccccc3Cl)cs2)C(=O)NC[C@H](O)[C@H](O)C[C@H]1c1ccccc1. The predicted octanol–water partition coefficient (Wildman–Crippen LogP) is 4.46. The van der Waals surface area contributed by atoms with Crippen molar-refractivity contribution >= 4 is 34.8 Å². The van der Waals surface area contributed by atoms with E-state index in [1.165, 1.54) is 11.3 Å². The van der Waals surface area contributed by atoms with Crippen LogP contribution in [0.1, 0.15) is 50.1 Å². The van der Waals surface area contributed by atoms with Crippen LogP contribution in [0.4, 0.5) is 0 Å². The number of benzene rings is 2. The number of nitrogens with one attached hydrogen (secondary N) is 1. The zero-order valence-electron chi connectivity index (χ0n) is 21.0. The highest BCUT2D eigenvalue weighted by Gasteiger charge is 2.54. The molecular weight excluding hydrogens is 512 g/mol. The molecule has 1 amide bonds. The molecule has 0 saturated carbocycles.